The van der Waals surface area contributed by atoms with E-state index in [2.05, 4.69) is 35.3 Å². The van der Waals surface area contributed by atoms with Gasteiger partial charge in [-0.25, -0.2) is 0 Å². The van der Waals surface area contributed by atoms with Crippen LogP contribution in [0.5, 0.6) is 5.75 Å². The Balaban J connectivity index is 0.00000200. The molecule has 0 bridgehead atoms. The maximum atomic E-state index is 5.32. The largest absolute Gasteiger partial charge is 0.497 e. The molecule has 1 fully saturated rings. The molecule has 2 atom stereocenters. The first kappa shape index (κ1) is 17.3. The summed E-state index contributed by atoms with van der Waals surface area (Å²) in [6.07, 6.45) is 2.66. The van der Waals surface area contributed by atoms with E-state index >= 15 is 0 Å². The highest BCUT2D eigenvalue weighted by Gasteiger charge is 2.23. The predicted octanol–water partition coefficient (Wildman–Crippen LogP) is 3.11. The third-order valence-electron chi connectivity index (χ3n) is 4.17. The fourth-order valence-electron chi connectivity index (χ4n) is 3.02. The van der Waals surface area contributed by atoms with E-state index in [1.807, 2.05) is 13.1 Å². The van der Waals surface area contributed by atoms with Crippen LogP contribution in [0.2, 0.25) is 0 Å². The Morgan fingerprint density at radius 1 is 1.45 bits per heavy atom. The van der Waals surface area contributed by atoms with E-state index in [0.29, 0.717) is 6.04 Å². The zero-order chi connectivity index (χ0) is 13.7. The standard InChI is InChI=1S/C16H26N2O.ClH/c1-13(15-7-4-8-16(10-15)19-3)18-9-5-6-14(12-18)11-17-2;/h4,7-8,10,13-14,17H,5-6,9,11-12H2,1-3H3;1H. The van der Waals surface area contributed by atoms with Crippen LogP contribution in [0.25, 0.3) is 0 Å². The monoisotopic (exact) mass is 298 g/mol. The lowest BCUT2D eigenvalue weighted by Crippen LogP contribution is -2.40. The maximum Gasteiger partial charge on any atom is 0.119 e. The van der Waals surface area contributed by atoms with Gasteiger partial charge in [0.1, 0.15) is 5.75 Å². The van der Waals surface area contributed by atoms with Gasteiger partial charge >= 0.3 is 0 Å². The smallest absolute Gasteiger partial charge is 0.119 e. The van der Waals surface area contributed by atoms with Crippen LogP contribution in [-0.4, -0.2) is 38.7 Å². The number of nitrogens with one attached hydrogen (secondary N) is 1. The van der Waals surface area contributed by atoms with Gasteiger partial charge in [0.15, 0.2) is 0 Å². The molecule has 0 amide bonds. The number of nitrogens with zero attached hydrogens (tertiary/aromatic N) is 1. The molecule has 0 aromatic heterocycles. The highest BCUT2D eigenvalue weighted by molar-refractivity contribution is 5.85. The molecule has 4 heteroatoms. The van der Waals surface area contributed by atoms with Gasteiger partial charge in [-0.3, -0.25) is 4.90 Å². The van der Waals surface area contributed by atoms with Crippen molar-refractivity contribution in [2.24, 2.45) is 5.92 Å². The van der Waals surface area contributed by atoms with Crippen LogP contribution < -0.4 is 10.1 Å². The van der Waals surface area contributed by atoms with E-state index in [9.17, 15) is 0 Å². The molecule has 1 saturated heterocycles. The number of rotatable bonds is 5. The zero-order valence-electron chi connectivity index (χ0n) is 12.8. The van der Waals surface area contributed by atoms with Crippen LogP contribution in [0.1, 0.15) is 31.4 Å². The van der Waals surface area contributed by atoms with Crippen molar-refractivity contribution in [2.45, 2.75) is 25.8 Å². The molecule has 0 radical (unpaired) electrons. The summed E-state index contributed by atoms with van der Waals surface area (Å²) >= 11 is 0. The van der Waals surface area contributed by atoms with Crippen molar-refractivity contribution in [3.63, 3.8) is 0 Å². The Morgan fingerprint density at radius 2 is 2.25 bits per heavy atom. The molecule has 1 aliphatic rings. The number of hydrogen-bond acceptors (Lipinski definition) is 3. The second-order valence-corrected chi connectivity index (χ2v) is 5.51. The maximum absolute atomic E-state index is 5.32. The molecule has 20 heavy (non-hydrogen) atoms. The van der Waals surface area contributed by atoms with Gasteiger partial charge in [0.2, 0.25) is 0 Å². The highest BCUT2D eigenvalue weighted by atomic mass is 35.5. The Labute approximate surface area is 129 Å². The molecular formula is C16H27ClN2O. The number of halogens is 1. The first-order chi connectivity index (χ1) is 9.24. The second kappa shape index (κ2) is 8.50. The van der Waals surface area contributed by atoms with Crippen LogP contribution in [-0.2, 0) is 0 Å². The molecule has 0 aliphatic carbocycles. The molecule has 1 N–H and O–H groups in total. The van der Waals surface area contributed by atoms with Gasteiger partial charge in [-0.15, -0.1) is 12.4 Å². The minimum absolute atomic E-state index is 0. The number of hydrogen-bond donors (Lipinski definition) is 1. The van der Waals surface area contributed by atoms with Crippen LogP contribution in [0.3, 0.4) is 0 Å². The number of ether oxygens (including phenoxy) is 1. The first-order valence-corrected chi connectivity index (χ1v) is 7.27. The average Bonchev–Trinajstić information content (AvgIpc) is 2.47. The second-order valence-electron chi connectivity index (χ2n) is 5.51. The van der Waals surface area contributed by atoms with Crippen molar-refractivity contribution in [1.82, 2.24) is 10.2 Å². The summed E-state index contributed by atoms with van der Waals surface area (Å²) in [6, 6.07) is 8.92. The van der Waals surface area contributed by atoms with Crippen molar-refractivity contribution < 1.29 is 4.74 Å². The first-order valence-electron chi connectivity index (χ1n) is 7.27. The lowest BCUT2D eigenvalue weighted by atomic mass is 9.95. The van der Waals surface area contributed by atoms with Crippen molar-refractivity contribution >= 4 is 12.4 Å². The molecular weight excluding hydrogens is 272 g/mol. The van der Waals surface area contributed by atoms with Crippen molar-refractivity contribution in [2.75, 3.05) is 33.8 Å². The molecule has 3 nitrogen and oxygen atoms in total. The third-order valence-corrected chi connectivity index (χ3v) is 4.17. The Hall–Kier alpha value is -0.770. The van der Waals surface area contributed by atoms with E-state index in [1.54, 1.807) is 7.11 Å². The molecule has 1 aromatic carbocycles. The fraction of sp³-hybridized carbons (Fsp3) is 0.625. The molecule has 2 rings (SSSR count). The Bertz CT molecular complexity index is 398. The zero-order valence-corrected chi connectivity index (χ0v) is 13.6. The summed E-state index contributed by atoms with van der Waals surface area (Å²) in [7, 11) is 3.78. The van der Waals surface area contributed by atoms with E-state index < -0.39 is 0 Å². The van der Waals surface area contributed by atoms with Gasteiger partial charge in [-0.05, 0) is 63.5 Å². The molecule has 2 unspecified atom stereocenters. The normalized spacial score (nSPS) is 21.1. The molecule has 1 aromatic rings. The van der Waals surface area contributed by atoms with Crippen LogP contribution in [0, 0.1) is 5.92 Å². The minimum atomic E-state index is 0. The molecule has 1 heterocycles. The van der Waals surface area contributed by atoms with Gasteiger partial charge in [-0.1, -0.05) is 12.1 Å². The molecule has 1 aliphatic heterocycles. The van der Waals surface area contributed by atoms with Crippen LogP contribution >= 0.6 is 12.4 Å². The number of likely N-dealkylation sites (tertiary alicyclic amines) is 1. The average molecular weight is 299 g/mol. The fourth-order valence-corrected chi connectivity index (χ4v) is 3.02. The van der Waals surface area contributed by atoms with Gasteiger partial charge in [-0.2, -0.15) is 0 Å². The SMILES string of the molecule is CNCC1CCCN(C(C)c2cccc(OC)c2)C1.Cl. The third kappa shape index (κ3) is 4.37. The summed E-state index contributed by atoms with van der Waals surface area (Å²) < 4.78 is 5.32. The van der Waals surface area contributed by atoms with E-state index in [4.69, 9.17) is 4.74 Å². The minimum Gasteiger partial charge on any atom is -0.497 e. The summed E-state index contributed by atoms with van der Waals surface area (Å²) in [6.45, 7) is 5.83. The summed E-state index contributed by atoms with van der Waals surface area (Å²) in [5.74, 6) is 1.74. The van der Waals surface area contributed by atoms with E-state index in [0.717, 1.165) is 18.2 Å². The predicted molar refractivity (Wildman–Crippen MR) is 86.9 cm³/mol. The lowest BCUT2D eigenvalue weighted by molar-refractivity contribution is 0.131. The molecule has 114 valence electrons. The van der Waals surface area contributed by atoms with Crippen LogP contribution in [0.15, 0.2) is 24.3 Å². The number of benzene rings is 1. The molecule has 0 saturated carbocycles. The van der Waals surface area contributed by atoms with Crippen molar-refractivity contribution in [1.29, 1.82) is 0 Å². The molecule has 0 spiro atoms. The quantitative estimate of drug-likeness (QED) is 0.904. The van der Waals surface area contributed by atoms with E-state index in [1.165, 1.54) is 31.5 Å². The Kier molecular flexibility index (Phi) is 7.35. The van der Waals surface area contributed by atoms with Gasteiger partial charge in [0, 0.05) is 12.6 Å². The van der Waals surface area contributed by atoms with Crippen molar-refractivity contribution in [3.05, 3.63) is 29.8 Å². The van der Waals surface area contributed by atoms with Gasteiger partial charge in [0.25, 0.3) is 0 Å². The number of methoxy groups -OCH3 is 1. The van der Waals surface area contributed by atoms with Gasteiger partial charge in [0.05, 0.1) is 7.11 Å². The summed E-state index contributed by atoms with van der Waals surface area (Å²) in [4.78, 5) is 2.60. The Morgan fingerprint density at radius 3 is 2.95 bits per heavy atom. The van der Waals surface area contributed by atoms with Crippen molar-refractivity contribution in [3.8, 4) is 5.75 Å². The summed E-state index contributed by atoms with van der Waals surface area (Å²) in [5, 5.41) is 3.31. The number of piperidine rings is 1. The van der Waals surface area contributed by atoms with E-state index in [-0.39, 0.29) is 12.4 Å². The summed E-state index contributed by atoms with van der Waals surface area (Å²) in [5.41, 5.74) is 1.35. The topological polar surface area (TPSA) is 24.5 Å². The van der Waals surface area contributed by atoms with Gasteiger partial charge < -0.3 is 10.1 Å². The van der Waals surface area contributed by atoms with Crippen LogP contribution in [0.4, 0.5) is 0 Å². The highest BCUT2D eigenvalue weighted by Crippen LogP contribution is 2.28. The lowest BCUT2D eigenvalue weighted by Gasteiger charge is -2.37.